The highest BCUT2D eigenvalue weighted by atomic mass is 33.1. The van der Waals surface area contributed by atoms with Crippen LogP contribution in [0.5, 0.6) is 0 Å². The maximum Gasteiger partial charge on any atom is 0.365 e. The average molecular weight is 256 g/mol. The molecule has 6 nitrogen and oxygen atoms in total. The van der Waals surface area contributed by atoms with E-state index in [-0.39, 0.29) is 5.97 Å². The summed E-state index contributed by atoms with van der Waals surface area (Å²) < 4.78 is 4.50. The number of carbonyl (C=O) groups is 2. The number of hydrogen-bond donors (Lipinski definition) is 3. The Bertz CT molecular complexity index is 227. The Morgan fingerprint density at radius 2 is 1.73 bits per heavy atom. The van der Waals surface area contributed by atoms with E-state index in [0.29, 0.717) is 11.5 Å². The summed E-state index contributed by atoms with van der Waals surface area (Å²) in [5.74, 6) is -0.354. The van der Waals surface area contributed by atoms with Crippen LogP contribution in [0.2, 0.25) is 0 Å². The van der Waals surface area contributed by atoms with Crippen LogP contribution in [-0.4, -0.2) is 47.7 Å². The number of aliphatic carboxylic acids is 1. The first-order chi connectivity index (χ1) is 6.99. The molecule has 0 fully saturated rings. The summed E-state index contributed by atoms with van der Waals surface area (Å²) >= 11 is 0. The minimum atomic E-state index is -0.915. The highest BCUT2D eigenvalue weighted by Gasteiger charge is 2.19. The smallest absolute Gasteiger partial charge is 0.365 e. The molecule has 0 saturated heterocycles. The van der Waals surface area contributed by atoms with Gasteiger partial charge in [0.1, 0.15) is 0 Å². The topological polar surface area (TPSA) is 119 Å². The molecule has 0 bridgehead atoms. The summed E-state index contributed by atoms with van der Waals surface area (Å²) in [6.07, 6.45) is 0. The van der Waals surface area contributed by atoms with E-state index in [2.05, 4.69) is 16.2 Å². The van der Waals surface area contributed by atoms with E-state index in [1.807, 2.05) is 0 Å². The van der Waals surface area contributed by atoms with Crippen LogP contribution in [0.3, 0.4) is 0 Å². The van der Waals surface area contributed by atoms with Gasteiger partial charge in [-0.1, -0.05) is 21.6 Å². The van der Waals surface area contributed by atoms with E-state index in [1.54, 1.807) is 0 Å². The molecule has 88 valence electrons. The van der Waals surface area contributed by atoms with Crippen molar-refractivity contribution >= 4 is 33.5 Å². The van der Waals surface area contributed by atoms with E-state index >= 15 is 0 Å². The second-order valence-electron chi connectivity index (χ2n) is 2.82. The lowest BCUT2D eigenvalue weighted by atomic mass is 10.4. The summed E-state index contributed by atoms with van der Waals surface area (Å²) in [5.41, 5.74) is 7.08. The van der Waals surface area contributed by atoms with Crippen molar-refractivity contribution in [1.29, 1.82) is 0 Å². The molecule has 0 heterocycles. The highest BCUT2D eigenvalue weighted by molar-refractivity contribution is 8.76. The highest BCUT2D eigenvalue weighted by Crippen LogP contribution is 2.21. The zero-order valence-electron chi connectivity index (χ0n) is 8.47. The lowest BCUT2D eigenvalue weighted by Gasteiger charge is -2.05. The van der Waals surface area contributed by atoms with Crippen LogP contribution in [-0.2, 0) is 14.3 Å². The molecule has 8 heteroatoms. The van der Waals surface area contributed by atoms with E-state index < -0.39 is 18.1 Å². The number of methoxy groups -OCH3 is 1. The van der Waals surface area contributed by atoms with Gasteiger partial charge in [0.15, 0.2) is 12.1 Å². The molecular formula is C7H16N2O4S2+2. The van der Waals surface area contributed by atoms with E-state index in [4.69, 9.17) is 5.11 Å². The monoisotopic (exact) mass is 256 g/mol. The second kappa shape index (κ2) is 7.80. The van der Waals surface area contributed by atoms with Crippen molar-refractivity contribution in [3.63, 3.8) is 0 Å². The molecule has 0 radical (unpaired) electrons. The summed E-state index contributed by atoms with van der Waals surface area (Å²) in [5, 5.41) is 8.55. The Hall–Kier alpha value is -0.440. The first-order valence-electron chi connectivity index (χ1n) is 4.20. The Kier molecular flexibility index (Phi) is 7.57. The van der Waals surface area contributed by atoms with E-state index in [9.17, 15) is 9.59 Å². The number of hydrogen-bond acceptors (Lipinski definition) is 5. The van der Waals surface area contributed by atoms with E-state index in [0.717, 1.165) is 0 Å². The molecule has 0 rings (SSSR count). The van der Waals surface area contributed by atoms with Gasteiger partial charge in [0.25, 0.3) is 0 Å². The zero-order valence-corrected chi connectivity index (χ0v) is 10.1. The predicted octanol–water partition coefficient (Wildman–Crippen LogP) is -2.15. The van der Waals surface area contributed by atoms with Gasteiger partial charge in [-0.05, 0) is 0 Å². The van der Waals surface area contributed by atoms with E-state index in [1.165, 1.54) is 28.7 Å². The van der Waals surface area contributed by atoms with Crippen LogP contribution >= 0.6 is 21.6 Å². The predicted molar refractivity (Wildman–Crippen MR) is 57.9 cm³/mol. The summed E-state index contributed by atoms with van der Waals surface area (Å²) in [6, 6.07) is -1.04. The Labute approximate surface area is 95.5 Å². The van der Waals surface area contributed by atoms with Crippen molar-refractivity contribution in [1.82, 2.24) is 0 Å². The molecule has 0 aliphatic rings. The number of esters is 1. The number of carbonyl (C=O) groups excluding carboxylic acids is 1. The largest absolute Gasteiger partial charge is 0.477 e. The first-order valence-corrected chi connectivity index (χ1v) is 6.69. The Balaban J connectivity index is 3.54. The van der Waals surface area contributed by atoms with Gasteiger partial charge in [0.05, 0.1) is 18.6 Å². The molecule has 0 aliphatic heterocycles. The van der Waals surface area contributed by atoms with Gasteiger partial charge in [-0.2, -0.15) is 0 Å². The van der Waals surface area contributed by atoms with Crippen LogP contribution in [0.4, 0.5) is 0 Å². The Morgan fingerprint density at radius 1 is 1.27 bits per heavy atom. The Morgan fingerprint density at radius 3 is 2.13 bits per heavy atom. The number of quaternary nitrogens is 2. The van der Waals surface area contributed by atoms with Crippen LogP contribution in [0.15, 0.2) is 0 Å². The lowest BCUT2D eigenvalue weighted by Crippen LogP contribution is -2.67. The summed E-state index contributed by atoms with van der Waals surface area (Å²) in [7, 11) is 4.09. The molecule has 15 heavy (non-hydrogen) atoms. The third-order valence-electron chi connectivity index (χ3n) is 1.51. The number of carboxylic acids is 1. The fraction of sp³-hybridized carbons (Fsp3) is 0.714. The minimum Gasteiger partial charge on any atom is -0.477 e. The van der Waals surface area contributed by atoms with Crippen LogP contribution < -0.4 is 11.5 Å². The normalized spacial score (nSPS) is 14.3. The van der Waals surface area contributed by atoms with Crippen molar-refractivity contribution < 1.29 is 30.9 Å². The fourth-order valence-electron chi connectivity index (χ4n) is 0.566. The van der Waals surface area contributed by atoms with Crippen LogP contribution in [0.25, 0.3) is 0 Å². The number of rotatable bonds is 7. The van der Waals surface area contributed by atoms with Crippen molar-refractivity contribution in [3.05, 3.63) is 0 Å². The van der Waals surface area contributed by atoms with Crippen molar-refractivity contribution in [2.24, 2.45) is 0 Å². The first kappa shape index (κ1) is 14.6. The average Bonchev–Trinajstić information content (AvgIpc) is 2.22. The maximum absolute atomic E-state index is 10.9. The third kappa shape index (κ3) is 6.61. The number of carboxylic acid groups (broad SMARTS) is 1. The molecule has 0 aliphatic carbocycles. The van der Waals surface area contributed by atoms with Crippen LogP contribution in [0.1, 0.15) is 0 Å². The third-order valence-corrected chi connectivity index (χ3v) is 4.07. The van der Waals surface area contributed by atoms with Crippen molar-refractivity contribution in [3.8, 4) is 0 Å². The van der Waals surface area contributed by atoms with Crippen molar-refractivity contribution in [2.75, 3.05) is 18.6 Å². The lowest BCUT2D eigenvalue weighted by molar-refractivity contribution is -0.400. The summed E-state index contributed by atoms with van der Waals surface area (Å²) in [6.45, 7) is 0. The SMILES string of the molecule is COC(=O)C([NH3+])CSSCC([NH3+])C(=O)O. The molecule has 0 aromatic carbocycles. The van der Waals surface area contributed by atoms with Gasteiger partial charge in [-0.25, -0.2) is 9.59 Å². The van der Waals surface area contributed by atoms with Gasteiger partial charge in [-0.15, -0.1) is 0 Å². The second-order valence-corrected chi connectivity index (χ2v) is 5.38. The number of ether oxygens (including phenoxy) is 1. The minimum absolute atomic E-state index is 0.354. The van der Waals surface area contributed by atoms with Crippen molar-refractivity contribution in [2.45, 2.75) is 12.1 Å². The molecule has 2 atom stereocenters. The van der Waals surface area contributed by atoms with Crippen LogP contribution in [0, 0.1) is 0 Å². The van der Waals surface area contributed by atoms with Gasteiger partial charge in [0, 0.05) is 0 Å². The van der Waals surface area contributed by atoms with Gasteiger partial charge in [0.2, 0.25) is 0 Å². The molecule has 0 aromatic rings. The molecule has 0 amide bonds. The fourth-order valence-corrected chi connectivity index (χ4v) is 2.93. The maximum atomic E-state index is 10.9. The van der Waals surface area contributed by atoms with Gasteiger partial charge in [-0.3, -0.25) is 0 Å². The molecule has 0 saturated carbocycles. The summed E-state index contributed by atoms with van der Waals surface area (Å²) in [4.78, 5) is 21.3. The van der Waals surface area contributed by atoms with Gasteiger partial charge < -0.3 is 21.3 Å². The molecule has 2 unspecified atom stereocenters. The van der Waals surface area contributed by atoms with Gasteiger partial charge >= 0.3 is 11.9 Å². The molecule has 0 spiro atoms. The quantitative estimate of drug-likeness (QED) is 0.271. The standard InChI is InChI=1S/C7H14N2O4S2/c1-13-7(12)5(9)3-15-14-2-4(8)6(10)11/h4-5H,2-3,8-9H2,1H3,(H,10,11)/p+2. The zero-order chi connectivity index (χ0) is 11.8. The molecule has 7 N–H and O–H groups in total. The molecular weight excluding hydrogens is 240 g/mol. The molecule has 0 aromatic heterocycles.